The quantitative estimate of drug-likeness (QED) is 0.795. The van der Waals surface area contributed by atoms with Gasteiger partial charge in [0.05, 0.1) is 7.11 Å². The number of benzene rings is 1. The van der Waals surface area contributed by atoms with E-state index in [2.05, 4.69) is 4.98 Å². The van der Waals surface area contributed by atoms with Crippen molar-refractivity contribution in [2.75, 3.05) is 7.11 Å². The molecule has 0 saturated heterocycles. The fourth-order valence-corrected chi connectivity index (χ4v) is 1.99. The lowest BCUT2D eigenvalue weighted by Crippen LogP contribution is -2.08. The van der Waals surface area contributed by atoms with Crippen LogP contribution in [0.1, 0.15) is 28.4 Å². The first kappa shape index (κ1) is 12.6. The Bertz CT molecular complexity index is 508. The third-order valence-electron chi connectivity index (χ3n) is 2.48. The first-order valence-corrected chi connectivity index (χ1v) is 6.33. The molecule has 0 spiro atoms. The molecule has 1 aromatic heterocycles. The fraction of sp³-hybridized carbons (Fsp3) is 0.231. The van der Waals surface area contributed by atoms with Crippen molar-refractivity contribution < 1.29 is 14.3 Å². The first-order valence-electron chi connectivity index (χ1n) is 5.45. The summed E-state index contributed by atoms with van der Waals surface area (Å²) in [6.45, 7) is 1.83. The molecule has 0 aliphatic rings. The lowest BCUT2D eigenvalue weighted by molar-refractivity contribution is 0.0337. The molecule has 1 aromatic carbocycles. The topological polar surface area (TPSA) is 48.4 Å². The molecular formula is C13H13NO3S. The largest absolute Gasteiger partial charge is 0.497 e. The predicted molar refractivity (Wildman–Crippen MR) is 68.9 cm³/mol. The number of ether oxygens (including phenoxy) is 2. The highest BCUT2D eigenvalue weighted by Crippen LogP contribution is 2.21. The normalized spacial score (nSPS) is 11.9. The van der Waals surface area contributed by atoms with Crippen LogP contribution in [0.25, 0.3) is 0 Å². The van der Waals surface area contributed by atoms with E-state index in [4.69, 9.17) is 9.47 Å². The van der Waals surface area contributed by atoms with E-state index in [-0.39, 0.29) is 6.10 Å². The highest BCUT2D eigenvalue weighted by molar-refractivity contribution is 7.11. The molecule has 0 amide bonds. The number of carbonyl (C=O) groups excluding carboxylic acids is 1. The Morgan fingerprint density at radius 2 is 2.06 bits per heavy atom. The highest BCUT2D eigenvalue weighted by atomic mass is 32.1. The third-order valence-corrected chi connectivity index (χ3v) is 3.23. The van der Waals surface area contributed by atoms with Crippen LogP contribution in [0, 0.1) is 0 Å². The van der Waals surface area contributed by atoms with E-state index in [9.17, 15) is 4.79 Å². The Morgan fingerprint density at radius 3 is 2.61 bits per heavy atom. The Balaban J connectivity index is 2.02. The van der Waals surface area contributed by atoms with Gasteiger partial charge in [0.1, 0.15) is 11.9 Å². The van der Waals surface area contributed by atoms with Gasteiger partial charge in [-0.3, -0.25) is 0 Å². The molecule has 1 atom stereocenters. The van der Waals surface area contributed by atoms with Gasteiger partial charge in [0.15, 0.2) is 0 Å². The Hall–Kier alpha value is -1.88. The van der Waals surface area contributed by atoms with Gasteiger partial charge in [0, 0.05) is 11.6 Å². The van der Waals surface area contributed by atoms with Crippen molar-refractivity contribution in [3.63, 3.8) is 0 Å². The molecule has 94 valence electrons. The molecule has 18 heavy (non-hydrogen) atoms. The van der Waals surface area contributed by atoms with E-state index in [1.807, 2.05) is 31.2 Å². The van der Waals surface area contributed by atoms with Crippen LogP contribution in [0.5, 0.6) is 5.75 Å². The van der Waals surface area contributed by atoms with Crippen molar-refractivity contribution in [2.24, 2.45) is 0 Å². The molecule has 0 fully saturated rings. The van der Waals surface area contributed by atoms with Gasteiger partial charge in [-0.1, -0.05) is 12.1 Å². The van der Waals surface area contributed by atoms with Crippen LogP contribution in [0.15, 0.2) is 35.8 Å². The standard InChI is InChI=1S/C13H13NO3S/c1-9(10-3-5-11(16-2)6-4-10)17-13(15)12-14-7-8-18-12/h3-9H,1-2H3. The molecular weight excluding hydrogens is 250 g/mol. The SMILES string of the molecule is COc1ccc(C(C)OC(=O)c2nccs2)cc1. The lowest BCUT2D eigenvalue weighted by atomic mass is 10.1. The van der Waals surface area contributed by atoms with E-state index in [1.165, 1.54) is 11.3 Å². The number of nitrogens with zero attached hydrogens (tertiary/aromatic N) is 1. The number of rotatable bonds is 4. The molecule has 0 aliphatic carbocycles. The molecule has 0 saturated carbocycles. The van der Waals surface area contributed by atoms with E-state index < -0.39 is 5.97 Å². The minimum atomic E-state index is -0.395. The number of methoxy groups -OCH3 is 1. The van der Waals surface area contributed by atoms with E-state index in [1.54, 1.807) is 18.7 Å². The fourth-order valence-electron chi connectivity index (χ4n) is 1.48. The molecule has 2 rings (SSSR count). The van der Waals surface area contributed by atoms with Crippen molar-refractivity contribution in [3.8, 4) is 5.75 Å². The minimum absolute atomic E-state index is 0.313. The van der Waals surface area contributed by atoms with Crippen LogP contribution in [-0.4, -0.2) is 18.1 Å². The molecule has 4 nitrogen and oxygen atoms in total. The van der Waals surface area contributed by atoms with Gasteiger partial charge in [-0.15, -0.1) is 11.3 Å². The maximum Gasteiger partial charge on any atom is 0.368 e. The summed E-state index contributed by atoms with van der Waals surface area (Å²) in [5.41, 5.74) is 0.917. The average Bonchev–Trinajstić information content (AvgIpc) is 2.92. The van der Waals surface area contributed by atoms with Crippen LogP contribution in [0.4, 0.5) is 0 Å². The molecule has 1 heterocycles. The van der Waals surface area contributed by atoms with Crippen LogP contribution >= 0.6 is 11.3 Å². The monoisotopic (exact) mass is 263 g/mol. The summed E-state index contributed by atoms with van der Waals surface area (Å²) < 4.78 is 10.4. The maximum absolute atomic E-state index is 11.7. The third kappa shape index (κ3) is 2.87. The predicted octanol–water partition coefficient (Wildman–Crippen LogP) is 3.07. The lowest BCUT2D eigenvalue weighted by Gasteiger charge is -2.12. The number of aromatic nitrogens is 1. The first-order chi connectivity index (χ1) is 8.70. The summed E-state index contributed by atoms with van der Waals surface area (Å²) in [4.78, 5) is 15.6. The van der Waals surface area contributed by atoms with Gasteiger partial charge in [-0.25, -0.2) is 9.78 Å². The molecule has 1 unspecified atom stereocenters. The van der Waals surface area contributed by atoms with E-state index in [0.717, 1.165) is 11.3 Å². The molecule has 2 aromatic rings. The summed E-state index contributed by atoms with van der Waals surface area (Å²) in [6, 6.07) is 7.42. The molecule has 0 radical (unpaired) electrons. The summed E-state index contributed by atoms with van der Waals surface area (Å²) in [6.07, 6.45) is 1.27. The number of thiazole rings is 1. The number of hydrogen-bond donors (Lipinski definition) is 0. The van der Waals surface area contributed by atoms with Crippen LogP contribution in [0.2, 0.25) is 0 Å². The second-order valence-corrected chi connectivity index (χ2v) is 4.55. The van der Waals surface area contributed by atoms with Gasteiger partial charge >= 0.3 is 5.97 Å². The van der Waals surface area contributed by atoms with Crippen molar-refractivity contribution in [3.05, 3.63) is 46.4 Å². The number of esters is 1. The minimum Gasteiger partial charge on any atom is -0.497 e. The second kappa shape index (κ2) is 5.64. The molecule has 0 aliphatic heterocycles. The van der Waals surface area contributed by atoms with Gasteiger partial charge in [-0.05, 0) is 24.6 Å². The number of carbonyl (C=O) groups is 1. The zero-order valence-corrected chi connectivity index (χ0v) is 10.9. The summed E-state index contributed by atoms with van der Waals surface area (Å²) in [7, 11) is 1.61. The van der Waals surface area contributed by atoms with Gasteiger partial charge in [0.2, 0.25) is 5.01 Å². The summed E-state index contributed by atoms with van der Waals surface area (Å²) in [5, 5.41) is 2.12. The van der Waals surface area contributed by atoms with Crippen LogP contribution < -0.4 is 4.74 Å². The summed E-state index contributed by atoms with van der Waals surface area (Å²) >= 11 is 1.27. The maximum atomic E-state index is 11.7. The summed E-state index contributed by atoms with van der Waals surface area (Å²) in [5.74, 6) is 0.380. The van der Waals surface area contributed by atoms with Crippen molar-refractivity contribution in [2.45, 2.75) is 13.0 Å². The van der Waals surface area contributed by atoms with E-state index >= 15 is 0 Å². The van der Waals surface area contributed by atoms with Gasteiger partial charge in [-0.2, -0.15) is 0 Å². The van der Waals surface area contributed by atoms with Gasteiger partial charge < -0.3 is 9.47 Å². The average molecular weight is 263 g/mol. The molecule has 0 bridgehead atoms. The Morgan fingerprint density at radius 1 is 1.33 bits per heavy atom. The number of hydrogen-bond acceptors (Lipinski definition) is 5. The van der Waals surface area contributed by atoms with Crippen LogP contribution in [0.3, 0.4) is 0 Å². The zero-order valence-electron chi connectivity index (χ0n) is 10.1. The smallest absolute Gasteiger partial charge is 0.368 e. The Kier molecular flexibility index (Phi) is 3.94. The molecule has 0 N–H and O–H groups in total. The Labute approximate surface area is 109 Å². The van der Waals surface area contributed by atoms with Crippen LogP contribution in [-0.2, 0) is 4.74 Å². The van der Waals surface area contributed by atoms with Crippen molar-refractivity contribution in [1.29, 1.82) is 0 Å². The second-order valence-electron chi connectivity index (χ2n) is 3.66. The van der Waals surface area contributed by atoms with E-state index in [0.29, 0.717) is 5.01 Å². The van der Waals surface area contributed by atoms with Crippen molar-refractivity contribution in [1.82, 2.24) is 4.98 Å². The highest BCUT2D eigenvalue weighted by Gasteiger charge is 2.15. The zero-order chi connectivity index (χ0) is 13.0. The van der Waals surface area contributed by atoms with Gasteiger partial charge in [0.25, 0.3) is 0 Å². The van der Waals surface area contributed by atoms with Crippen molar-refractivity contribution >= 4 is 17.3 Å². The molecule has 5 heteroatoms.